The molecule has 0 saturated carbocycles. The normalized spacial score (nSPS) is 15.2. The Morgan fingerprint density at radius 1 is 0.810 bits per heavy atom. The second-order valence-electron chi connectivity index (χ2n) is 7.34. The van der Waals surface area contributed by atoms with Crippen molar-refractivity contribution in [3.8, 4) is 0 Å². The summed E-state index contributed by atoms with van der Waals surface area (Å²) in [5.41, 5.74) is 0.959. The third kappa shape index (κ3) is 12.8. The van der Waals surface area contributed by atoms with Gasteiger partial charge in [0.2, 0.25) is 0 Å². The van der Waals surface area contributed by atoms with Crippen LogP contribution in [0.3, 0.4) is 0 Å². The van der Waals surface area contributed by atoms with Crippen LogP contribution in [-0.4, -0.2) is 6.29 Å². The fraction of sp³-hybridized carbons (Fsp3) is 0.850. The van der Waals surface area contributed by atoms with Crippen LogP contribution in [0.1, 0.15) is 92.4 Å². The minimum Gasteiger partial charge on any atom is -0.298 e. The minimum atomic E-state index is 0.803. The van der Waals surface area contributed by atoms with Gasteiger partial charge in [0.1, 0.15) is 6.29 Å². The van der Waals surface area contributed by atoms with Gasteiger partial charge < -0.3 is 0 Å². The summed E-state index contributed by atoms with van der Waals surface area (Å²) in [5, 5.41) is 0. The van der Waals surface area contributed by atoms with Gasteiger partial charge in [-0.15, -0.1) is 0 Å². The lowest BCUT2D eigenvalue weighted by Gasteiger charge is -2.15. The van der Waals surface area contributed by atoms with E-state index in [1.54, 1.807) is 0 Å². The molecule has 21 heavy (non-hydrogen) atoms. The van der Waals surface area contributed by atoms with Gasteiger partial charge in [0.05, 0.1) is 0 Å². The number of carbonyl (C=O) groups excluding carboxylic acids is 1. The number of allylic oxidation sites excluding steroid dienone is 2. The van der Waals surface area contributed by atoms with Crippen LogP contribution in [0.15, 0.2) is 11.6 Å². The molecule has 0 heterocycles. The van der Waals surface area contributed by atoms with E-state index in [0.29, 0.717) is 0 Å². The Bertz CT molecular complexity index is 278. The molecule has 0 fully saturated rings. The van der Waals surface area contributed by atoms with Gasteiger partial charge in [0, 0.05) is 0 Å². The maximum Gasteiger partial charge on any atom is 0.145 e. The highest BCUT2D eigenvalue weighted by atomic mass is 16.1. The Morgan fingerprint density at radius 3 is 1.71 bits per heavy atom. The Morgan fingerprint density at radius 2 is 1.29 bits per heavy atom. The molecule has 0 aromatic heterocycles. The number of hydrogen-bond donors (Lipinski definition) is 0. The van der Waals surface area contributed by atoms with Crippen LogP contribution in [0.25, 0.3) is 0 Å². The summed E-state index contributed by atoms with van der Waals surface area (Å²) >= 11 is 0. The number of aldehydes is 1. The highest BCUT2D eigenvalue weighted by Crippen LogP contribution is 2.21. The molecule has 0 aromatic carbocycles. The molecule has 1 heteroatoms. The second kappa shape index (κ2) is 13.1. The number of hydrogen-bond acceptors (Lipinski definition) is 1. The molecule has 0 spiro atoms. The van der Waals surface area contributed by atoms with Crippen LogP contribution in [0, 0.1) is 17.8 Å². The highest BCUT2D eigenvalue weighted by Gasteiger charge is 2.06. The Balaban J connectivity index is 3.56. The van der Waals surface area contributed by atoms with Crippen molar-refractivity contribution in [2.45, 2.75) is 92.4 Å². The molecule has 0 aliphatic carbocycles. The van der Waals surface area contributed by atoms with Crippen molar-refractivity contribution >= 4 is 6.29 Å². The van der Waals surface area contributed by atoms with Gasteiger partial charge in [-0.2, -0.15) is 0 Å². The molecule has 1 nitrogen and oxygen atoms in total. The summed E-state index contributed by atoms with van der Waals surface area (Å²) in [7, 11) is 0. The molecule has 0 unspecified atom stereocenters. The first kappa shape index (κ1) is 20.4. The molecule has 2 atom stereocenters. The van der Waals surface area contributed by atoms with Crippen molar-refractivity contribution in [2.24, 2.45) is 17.8 Å². The number of rotatable bonds is 13. The summed E-state index contributed by atoms with van der Waals surface area (Å²) in [6, 6.07) is 0. The standard InChI is InChI=1S/C20H38O/c1-6-20(16-21)15-9-14-19(5)13-8-12-18(4)11-7-10-17(2)3/h6,16-19H,7-15H2,1-5H3/b20-6+/t18-,19-/m1/s1. The first-order valence-electron chi connectivity index (χ1n) is 9.09. The van der Waals surface area contributed by atoms with Crippen molar-refractivity contribution in [1.29, 1.82) is 0 Å². The Kier molecular flexibility index (Phi) is 12.7. The fourth-order valence-corrected chi connectivity index (χ4v) is 2.90. The van der Waals surface area contributed by atoms with E-state index in [9.17, 15) is 4.79 Å². The molecule has 0 N–H and O–H groups in total. The molecular weight excluding hydrogens is 256 g/mol. The van der Waals surface area contributed by atoms with Crippen molar-refractivity contribution in [3.63, 3.8) is 0 Å². The van der Waals surface area contributed by atoms with Crippen LogP contribution in [0.2, 0.25) is 0 Å². The third-order valence-electron chi connectivity index (χ3n) is 4.56. The zero-order valence-electron chi connectivity index (χ0n) is 15.2. The van der Waals surface area contributed by atoms with Gasteiger partial charge in [0.25, 0.3) is 0 Å². The minimum absolute atomic E-state index is 0.803. The molecule has 124 valence electrons. The van der Waals surface area contributed by atoms with Crippen molar-refractivity contribution in [1.82, 2.24) is 0 Å². The summed E-state index contributed by atoms with van der Waals surface area (Å²) in [4.78, 5) is 10.7. The molecule has 0 aliphatic rings. The van der Waals surface area contributed by atoms with Crippen LogP contribution < -0.4 is 0 Å². The highest BCUT2D eigenvalue weighted by molar-refractivity contribution is 5.72. The van der Waals surface area contributed by atoms with E-state index >= 15 is 0 Å². The van der Waals surface area contributed by atoms with Gasteiger partial charge in [0.15, 0.2) is 0 Å². The van der Waals surface area contributed by atoms with Crippen LogP contribution >= 0.6 is 0 Å². The lowest BCUT2D eigenvalue weighted by atomic mass is 9.91. The molecule has 0 bridgehead atoms. The zero-order chi connectivity index (χ0) is 16.1. The monoisotopic (exact) mass is 294 g/mol. The quantitative estimate of drug-likeness (QED) is 0.277. The van der Waals surface area contributed by atoms with Crippen LogP contribution in [-0.2, 0) is 4.79 Å². The van der Waals surface area contributed by atoms with E-state index in [1.165, 1.54) is 44.9 Å². The average molecular weight is 295 g/mol. The van der Waals surface area contributed by atoms with E-state index in [2.05, 4.69) is 27.7 Å². The van der Waals surface area contributed by atoms with Gasteiger partial charge in [-0.25, -0.2) is 0 Å². The number of carbonyl (C=O) groups is 1. The smallest absolute Gasteiger partial charge is 0.145 e. The first-order chi connectivity index (χ1) is 9.99. The van der Waals surface area contributed by atoms with Crippen LogP contribution in [0.4, 0.5) is 0 Å². The van der Waals surface area contributed by atoms with E-state index in [1.807, 2.05) is 13.0 Å². The molecule has 0 aromatic rings. The van der Waals surface area contributed by atoms with E-state index in [-0.39, 0.29) is 0 Å². The molecular formula is C20H38O. The lowest BCUT2D eigenvalue weighted by molar-refractivity contribution is -0.105. The maximum absolute atomic E-state index is 10.7. The van der Waals surface area contributed by atoms with Crippen molar-refractivity contribution < 1.29 is 4.79 Å². The Labute approximate surface area is 133 Å². The molecule has 0 saturated heterocycles. The predicted octanol–water partition coefficient (Wildman–Crippen LogP) is 6.57. The van der Waals surface area contributed by atoms with E-state index < -0.39 is 0 Å². The van der Waals surface area contributed by atoms with Gasteiger partial charge >= 0.3 is 0 Å². The zero-order valence-corrected chi connectivity index (χ0v) is 15.2. The Hall–Kier alpha value is -0.590. The largest absolute Gasteiger partial charge is 0.298 e. The molecule has 0 radical (unpaired) electrons. The van der Waals surface area contributed by atoms with Crippen LogP contribution in [0.5, 0.6) is 0 Å². The first-order valence-corrected chi connectivity index (χ1v) is 9.09. The maximum atomic E-state index is 10.7. The van der Waals surface area contributed by atoms with Gasteiger partial charge in [-0.1, -0.05) is 78.7 Å². The third-order valence-corrected chi connectivity index (χ3v) is 4.56. The summed E-state index contributed by atoms with van der Waals surface area (Å²) in [5.74, 6) is 2.55. The topological polar surface area (TPSA) is 17.1 Å². The van der Waals surface area contributed by atoms with Crippen molar-refractivity contribution in [3.05, 3.63) is 11.6 Å². The summed E-state index contributed by atoms with van der Waals surface area (Å²) < 4.78 is 0. The van der Waals surface area contributed by atoms with E-state index in [4.69, 9.17) is 0 Å². The SMILES string of the molecule is C/C=C(/C=O)CCC[C@H](C)CCC[C@H](C)CCCC(C)C. The molecule has 0 rings (SSSR count). The molecule has 0 amide bonds. The summed E-state index contributed by atoms with van der Waals surface area (Å²) in [6.07, 6.45) is 14.6. The van der Waals surface area contributed by atoms with Gasteiger partial charge in [-0.3, -0.25) is 4.79 Å². The molecule has 0 aliphatic heterocycles. The summed E-state index contributed by atoms with van der Waals surface area (Å²) in [6.45, 7) is 11.4. The van der Waals surface area contributed by atoms with Gasteiger partial charge in [-0.05, 0) is 43.1 Å². The van der Waals surface area contributed by atoms with Crippen molar-refractivity contribution in [2.75, 3.05) is 0 Å². The fourth-order valence-electron chi connectivity index (χ4n) is 2.90. The lowest BCUT2D eigenvalue weighted by Crippen LogP contribution is -2.00. The predicted molar refractivity (Wildman–Crippen MR) is 94.5 cm³/mol. The average Bonchev–Trinajstić information content (AvgIpc) is 2.43. The second-order valence-corrected chi connectivity index (χ2v) is 7.34. The van der Waals surface area contributed by atoms with E-state index in [0.717, 1.165) is 42.5 Å².